The Balaban J connectivity index is 3.13. The van der Waals surface area contributed by atoms with Gasteiger partial charge in [-0.1, -0.05) is 4.52 Å². The van der Waals surface area contributed by atoms with Crippen LogP contribution in [0.3, 0.4) is 0 Å². The van der Waals surface area contributed by atoms with Gasteiger partial charge < -0.3 is 0 Å². The highest BCUT2D eigenvalue weighted by Crippen LogP contribution is 1.83. The zero-order valence-electron chi connectivity index (χ0n) is 2.42. The zero-order chi connectivity index (χ0) is 3.54. The summed E-state index contributed by atoms with van der Waals surface area (Å²) in [7, 11) is 0. The van der Waals surface area contributed by atoms with E-state index in [9.17, 15) is 0 Å². The van der Waals surface area contributed by atoms with Crippen LogP contribution in [0, 0.1) is 0 Å². The topological polar surface area (TPSA) is 24.2 Å². The lowest BCUT2D eigenvalue weighted by Gasteiger charge is -1.22. The van der Waals surface area contributed by atoms with Gasteiger partial charge in [-0.15, -0.1) is 0 Å². The van der Waals surface area contributed by atoms with Crippen molar-refractivity contribution in [1.29, 1.82) is 0 Å². The second-order valence-electron chi connectivity index (χ2n) is 0.558. The molecule has 0 unspecified atom stereocenters. The van der Waals surface area contributed by atoms with E-state index >= 15 is 0 Å². The molecule has 1 aromatic rings. The highest BCUT2D eigenvalue weighted by atomic mass is 32.1. The van der Waals surface area contributed by atoms with Gasteiger partial charge in [0, 0.05) is 0 Å². The van der Waals surface area contributed by atoms with Gasteiger partial charge in [0.25, 0.3) is 0 Å². The Labute approximate surface area is 33.2 Å². The molecular weight excluding hydrogens is 86.1 g/mol. The largest absolute Gasteiger partial charge is 0.378 e. The van der Waals surface area contributed by atoms with Crippen LogP contribution < -0.4 is 0 Å². The normalized spacial score (nSPS) is 8.00. The molecule has 0 amide bonds. The van der Waals surface area contributed by atoms with Crippen molar-refractivity contribution in [3.05, 3.63) is 11.6 Å². The monoisotopic (exact) mass is 88.0 g/mol. The van der Waals surface area contributed by atoms with E-state index in [1.165, 1.54) is 17.8 Å². The van der Waals surface area contributed by atoms with Gasteiger partial charge in [-0.3, -0.25) is 0 Å². The van der Waals surface area contributed by atoms with Crippen molar-refractivity contribution >= 4 is 11.5 Å². The molecule has 0 saturated carbocycles. The van der Waals surface area contributed by atoms with Crippen molar-refractivity contribution in [2.24, 2.45) is 0 Å². The van der Waals surface area contributed by atoms with Crippen molar-refractivity contribution in [2.75, 3.05) is 0 Å². The fraction of sp³-hybridized carbons (Fsp3) is 0. The first-order valence-corrected chi connectivity index (χ1v) is 2.01. The van der Waals surface area contributed by atoms with E-state index in [-0.39, 0.29) is 0 Å². The lowest BCUT2D eigenvalue weighted by molar-refractivity contribution is 0.437. The fourth-order valence-electron chi connectivity index (χ4n) is 0.124. The highest BCUT2D eigenvalue weighted by molar-refractivity contribution is 7.03. The first-order chi connectivity index (χ1) is 2.50. The van der Waals surface area contributed by atoms with E-state index < -0.39 is 0 Å². The van der Waals surface area contributed by atoms with Crippen molar-refractivity contribution < 1.29 is 4.52 Å². The van der Waals surface area contributed by atoms with Crippen LogP contribution in [0.5, 0.6) is 0 Å². The molecule has 0 aromatic carbocycles. The summed E-state index contributed by atoms with van der Waals surface area (Å²) in [6.07, 6.45) is 1.53. The Morgan fingerprint density at radius 2 is 2.80 bits per heavy atom. The summed E-state index contributed by atoms with van der Waals surface area (Å²) >= 11 is 1.30. The summed E-state index contributed by atoms with van der Waals surface area (Å²) in [6, 6.07) is 0. The molecule has 1 aromatic heterocycles. The number of hydrogen-bond donors (Lipinski definition) is 0. The van der Waals surface area contributed by atoms with Crippen molar-refractivity contribution in [3.63, 3.8) is 0 Å². The third kappa shape index (κ3) is 0.417. The summed E-state index contributed by atoms with van der Waals surface area (Å²) in [4.78, 5) is 0. The molecule has 5 heavy (non-hydrogen) atoms. The van der Waals surface area contributed by atoms with Crippen molar-refractivity contribution in [2.45, 2.75) is 0 Å². The minimum absolute atomic E-state index is 1.30. The smallest absolute Gasteiger partial charge is 0.0630 e. The molecule has 1 rings (SSSR count). The molecule has 0 aliphatic heterocycles. The van der Waals surface area contributed by atoms with Gasteiger partial charge in [-0.25, -0.2) is 0 Å². The van der Waals surface area contributed by atoms with Gasteiger partial charge in [0.05, 0.1) is 11.5 Å². The maximum absolute atomic E-state index is 4.35. The molecule has 0 aliphatic carbocycles. The van der Waals surface area contributed by atoms with Crippen LogP contribution in [-0.2, 0) is 0 Å². The van der Waals surface area contributed by atoms with Crippen molar-refractivity contribution in [1.82, 2.24) is 4.55 Å². The van der Waals surface area contributed by atoms with Gasteiger partial charge in [-0.05, 0) is 0 Å². The minimum atomic E-state index is 1.30. The lowest BCUT2D eigenvalue weighted by Crippen LogP contribution is -1.32. The second kappa shape index (κ2) is 1.12. The van der Waals surface area contributed by atoms with Gasteiger partial charge in [0.2, 0.25) is 4.55 Å². The molecule has 0 radical (unpaired) electrons. The molecule has 0 aliphatic rings. The molecule has 0 atom stereocenters. The Hall–Kier alpha value is -0.440. The molecule has 0 fully saturated rings. The third-order valence-corrected chi connectivity index (χ3v) is 0.668. The molecule has 26 valence electrons. The van der Waals surface area contributed by atoms with Gasteiger partial charge in [0.1, 0.15) is 5.38 Å². The molecule has 1 heterocycles. The predicted octanol–water partition coefficient (Wildman–Crippen LogP) is 1.02. The van der Waals surface area contributed by atoms with E-state index in [0.29, 0.717) is 0 Å². The van der Waals surface area contributed by atoms with E-state index in [1.54, 1.807) is 5.38 Å². The molecule has 3 heteroatoms. The maximum atomic E-state index is 4.35. The van der Waals surface area contributed by atoms with Crippen molar-refractivity contribution in [3.8, 4) is 0 Å². The Morgan fingerprint density at radius 1 is 1.80 bits per heavy atom. The average Bonchev–Trinajstić information content (AvgIpc) is 1.76. The zero-order valence-corrected chi connectivity index (χ0v) is 3.23. The van der Waals surface area contributed by atoms with E-state index in [2.05, 4.69) is 9.07 Å². The number of hydrogen-bond acceptors (Lipinski definition) is 2. The number of nitrogens with zero attached hydrogens (tertiary/aromatic N) is 1. The molecule has 0 saturated heterocycles. The maximum Gasteiger partial charge on any atom is 0.378 e. The van der Waals surface area contributed by atoms with Crippen LogP contribution in [0.15, 0.2) is 16.2 Å². The van der Waals surface area contributed by atoms with Gasteiger partial charge in [-0.2, -0.15) is 0 Å². The Kier molecular flexibility index (Phi) is 0.624. The van der Waals surface area contributed by atoms with Gasteiger partial charge >= 0.3 is 6.26 Å². The predicted molar refractivity (Wildman–Crippen MR) is 18.8 cm³/mol. The van der Waals surface area contributed by atoms with E-state index in [4.69, 9.17) is 0 Å². The Morgan fingerprint density at radius 3 is 3.00 bits per heavy atom. The first-order valence-electron chi connectivity index (χ1n) is 1.17. The lowest BCUT2D eigenvalue weighted by atomic mass is 11.1. The summed E-state index contributed by atoms with van der Waals surface area (Å²) < 4.78 is 7.74. The molecular formula is C2H2NOS+. The van der Waals surface area contributed by atoms with Crippen LogP contribution in [-0.4, -0.2) is 4.55 Å². The standard InChI is InChI=1S/C2H2NOS/c1-2-5-3-4-1/h1-2H/q+1. The first kappa shape index (κ1) is 2.78. The summed E-state index contributed by atoms with van der Waals surface area (Å²) in [5.74, 6) is 0. The minimum Gasteiger partial charge on any atom is -0.0630 e. The van der Waals surface area contributed by atoms with Crippen LogP contribution >= 0.6 is 11.5 Å². The van der Waals surface area contributed by atoms with Gasteiger partial charge in [0.15, 0.2) is 0 Å². The summed E-state index contributed by atoms with van der Waals surface area (Å²) in [5, 5.41) is 1.76. The van der Waals surface area contributed by atoms with Crippen LogP contribution in [0.4, 0.5) is 0 Å². The summed E-state index contributed by atoms with van der Waals surface area (Å²) in [6.45, 7) is 0. The third-order valence-electron chi connectivity index (χ3n) is 0.263. The molecule has 2 nitrogen and oxygen atoms in total. The van der Waals surface area contributed by atoms with E-state index in [0.717, 1.165) is 0 Å². The SMILES string of the molecule is c1csn[o+]1. The van der Waals surface area contributed by atoms with Crippen LogP contribution in [0.25, 0.3) is 0 Å². The molecule has 0 spiro atoms. The molecule has 0 bridgehead atoms. The summed E-state index contributed by atoms with van der Waals surface area (Å²) in [5.41, 5.74) is 0. The molecule has 0 N–H and O–H groups in total. The fourth-order valence-corrected chi connectivity index (χ4v) is 0.373. The van der Waals surface area contributed by atoms with Crippen LogP contribution in [0.2, 0.25) is 0 Å². The highest BCUT2D eigenvalue weighted by Gasteiger charge is 1.79. The number of rotatable bonds is 0. The number of aromatic nitrogens is 1. The second-order valence-corrected chi connectivity index (χ2v) is 1.19. The average molecular weight is 88.1 g/mol. The van der Waals surface area contributed by atoms with Crippen LogP contribution in [0.1, 0.15) is 0 Å². The Bertz CT molecular complexity index is 66.1. The quantitative estimate of drug-likeness (QED) is 0.442. The van der Waals surface area contributed by atoms with E-state index in [1.807, 2.05) is 0 Å².